The Bertz CT molecular complexity index is 779. The Hall–Kier alpha value is -2.50. The Balaban J connectivity index is 2.28. The molecule has 0 atom stereocenters. The highest BCUT2D eigenvalue weighted by Gasteiger charge is 2.16. The molecule has 1 aromatic carbocycles. The van der Waals surface area contributed by atoms with Crippen molar-refractivity contribution in [2.24, 2.45) is 0 Å². The van der Waals surface area contributed by atoms with Crippen LogP contribution in [0.4, 0.5) is 0 Å². The van der Waals surface area contributed by atoms with Crippen LogP contribution in [0.1, 0.15) is 23.1 Å². The first-order valence-corrected chi connectivity index (χ1v) is 6.00. The van der Waals surface area contributed by atoms with Crippen LogP contribution < -0.4 is 0 Å². The van der Waals surface area contributed by atoms with Crippen LogP contribution >= 0.6 is 0 Å². The molecule has 96 valence electrons. The largest absolute Gasteiger partial charge is 0.461 e. The standard InChI is InChI=1S/C13H12N4O2/c1-3-19-12(18)11-8(2)14-13-15-9-6-4-5-7-10(9)17(13)16-11/h4-7H,3H2,1-2H3. The molecule has 0 aliphatic heterocycles. The van der Waals surface area contributed by atoms with Crippen molar-refractivity contribution in [3.05, 3.63) is 35.7 Å². The van der Waals surface area contributed by atoms with Gasteiger partial charge in [0.15, 0.2) is 5.69 Å². The molecular weight excluding hydrogens is 244 g/mol. The molecule has 0 aliphatic rings. The van der Waals surface area contributed by atoms with Gasteiger partial charge in [-0.05, 0) is 26.0 Å². The first-order valence-electron chi connectivity index (χ1n) is 6.00. The number of fused-ring (bicyclic) bond motifs is 3. The van der Waals surface area contributed by atoms with Crippen molar-refractivity contribution in [1.82, 2.24) is 19.6 Å². The zero-order valence-electron chi connectivity index (χ0n) is 10.6. The third-order valence-electron chi connectivity index (χ3n) is 2.80. The fourth-order valence-electron chi connectivity index (χ4n) is 1.93. The van der Waals surface area contributed by atoms with Crippen LogP contribution in [-0.4, -0.2) is 32.2 Å². The first-order chi connectivity index (χ1) is 9.20. The molecule has 0 unspecified atom stereocenters. The number of carbonyl (C=O) groups excluding carboxylic acids is 1. The lowest BCUT2D eigenvalue weighted by Gasteiger charge is -2.04. The predicted octanol–water partition coefficient (Wildman–Crippen LogP) is 1.76. The summed E-state index contributed by atoms with van der Waals surface area (Å²) in [6, 6.07) is 7.55. The Morgan fingerprint density at radius 3 is 2.89 bits per heavy atom. The molecule has 0 fully saturated rings. The molecule has 3 rings (SSSR count). The Kier molecular flexibility index (Phi) is 2.63. The molecule has 0 saturated heterocycles. The van der Waals surface area contributed by atoms with Gasteiger partial charge in [0.05, 0.1) is 23.3 Å². The van der Waals surface area contributed by atoms with Crippen molar-refractivity contribution < 1.29 is 9.53 Å². The van der Waals surface area contributed by atoms with Gasteiger partial charge in [-0.25, -0.2) is 14.8 Å². The Morgan fingerprint density at radius 1 is 1.32 bits per heavy atom. The van der Waals surface area contributed by atoms with Crippen molar-refractivity contribution in [1.29, 1.82) is 0 Å². The quantitative estimate of drug-likeness (QED) is 0.653. The number of aryl methyl sites for hydroxylation is 1. The number of aromatic nitrogens is 4. The average Bonchev–Trinajstić information content (AvgIpc) is 2.75. The minimum atomic E-state index is -0.466. The monoisotopic (exact) mass is 256 g/mol. The summed E-state index contributed by atoms with van der Waals surface area (Å²) >= 11 is 0. The molecule has 0 bridgehead atoms. The summed E-state index contributed by atoms with van der Waals surface area (Å²) in [5.41, 5.74) is 2.34. The topological polar surface area (TPSA) is 69.4 Å². The molecule has 2 aromatic heterocycles. The van der Waals surface area contributed by atoms with E-state index in [0.717, 1.165) is 11.0 Å². The molecule has 0 radical (unpaired) electrons. The molecule has 0 amide bonds. The lowest BCUT2D eigenvalue weighted by atomic mass is 10.3. The van der Waals surface area contributed by atoms with Gasteiger partial charge in [-0.2, -0.15) is 9.61 Å². The maximum atomic E-state index is 11.8. The predicted molar refractivity (Wildman–Crippen MR) is 69.0 cm³/mol. The number of carbonyl (C=O) groups is 1. The second kappa shape index (κ2) is 4.31. The van der Waals surface area contributed by atoms with E-state index in [1.807, 2.05) is 24.3 Å². The van der Waals surface area contributed by atoms with Crippen molar-refractivity contribution in [3.8, 4) is 0 Å². The van der Waals surface area contributed by atoms with E-state index in [1.165, 1.54) is 0 Å². The van der Waals surface area contributed by atoms with Gasteiger partial charge in [0, 0.05) is 0 Å². The summed E-state index contributed by atoms with van der Waals surface area (Å²) in [5, 5.41) is 4.30. The summed E-state index contributed by atoms with van der Waals surface area (Å²) in [6.45, 7) is 3.78. The van der Waals surface area contributed by atoms with Gasteiger partial charge >= 0.3 is 5.97 Å². The molecule has 0 spiro atoms. The third-order valence-corrected chi connectivity index (χ3v) is 2.80. The molecule has 0 saturated carbocycles. The van der Waals surface area contributed by atoms with Crippen LogP contribution in [-0.2, 0) is 4.74 Å². The molecule has 0 N–H and O–H groups in total. The normalized spacial score (nSPS) is 11.1. The summed E-state index contributed by atoms with van der Waals surface area (Å²) in [7, 11) is 0. The van der Waals surface area contributed by atoms with Gasteiger partial charge in [0.2, 0.25) is 0 Å². The molecular formula is C13H12N4O2. The van der Waals surface area contributed by atoms with Crippen LogP contribution in [0.25, 0.3) is 16.8 Å². The fourth-order valence-corrected chi connectivity index (χ4v) is 1.93. The number of esters is 1. The molecule has 2 heterocycles. The maximum absolute atomic E-state index is 11.8. The molecule has 3 aromatic rings. The van der Waals surface area contributed by atoms with E-state index in [-0.39, 0.29) is 5.69 Å². The number of rotatable bonds is 2. The summed E-state index contributed by atoms with van der Waals surface area (Å²) in [6.07, 6.45) is 0. The van der Waals surface area contributed by atoms with Crippen LogP contribution in [0.5, 0.6) is 0 Å². The van der Waals surface area contributed by atoms with Gasteiger partial charge in [0.1, 0.15) is 0 Å². The second-order valence-electron chi connectivity index (χ2n) is 4.08. The van der Waals surface area contributed by atoms with E-state index >= 15 is 0 Å². The second-order valence-corrected chi connectivity index (χ2v) is 4.08. The SMILES string of the molecule is CCOC(=O)c1nn2c(nc1C)nc1ccccc12. The molecule has 19 heavy (non-hydrogen) atoms. The highest BCUT2D eigenvalue weighted by Crippen LogP contribution is 2.15. The molecule has 6 nitrogen and oxygen atoms in total. The smallest absolute Gasteiger partial charge is 0.360 e. The number of hydrogen-bond donors (Lipinski definition) is 0. The number of nitrogens with zero attached hydrogens (tertiary/aromatic N) is 4. The van der Waals surface area contributed by atoms with E-state index < -0.39 is 5.97 Å². The summed E-state index contributed by atoms with van der Waals surface area (Å²) in [4.78, 5) is 20.5. The van der Waals surface area contributed by atoms with Crippen molar-refractivity contribution in [3.63, 3.8) is 0 Å². The number of ether oxygens (including phenoxy) is 1. The van der Waals surface area contributed by atoms with Gasteiger partial charge in [-0.15, -0.1) is 0 Å². The van der Waals surface area contributed by atoms with Crippen molar-refractivity contribution in [2.75, 3.05) is 6.61 Å². The number of hydrogen-bond acceptors (Lipinski definition) is 5. The molecule has 6 heteroatoms. The number of benzene rings is 1. The van der Waals surface area contributed by atoms with E-state index in [9.17, 15) is 4.79 Å². The average molecular weight is 256 g/mol. The lowest BCUT2D eigenvalue weighted by molar-refractivity contribution is 0.0516. The van der Waals surface area contributed by atoms with Crippen LogP contribution in [0.15, 0.2) is 24.3 Å². The van der Waals surface area contributed by atoms with E-state index in [4.69, 9.17) is 4.74 Å². The lowest BCUT2D eigenvalue weighted by Crippen LogP contribution is -2.13. The van der Waals surface area contributed by atoms with E-state index in [1.54, 1.807) is 18.4 Å². The first kappa shape index (κ1) is 11.6. The maximum Gasteiger partial charge on any atom is 0.360 e. The van der Waals surface area contributed by atoms with Crippen LogP contribution in [0.3, 0.4) is 0 Å². The Labute approximate surface area is 109 Å². The van der Waals surface area contributed by atoms with Gasteiger partial charge < -0.3 is 4.74 Å². The summed E-state index contributed by atoms with van der Waals surface area (Å²) < 4.78 is 6.54. The minimum absolute atomic E-state index is 0.220. The Morgan fingerprint density at radius 2 is 2.11 bits per heavy atom. The zero-order valence-corrected chi connectivity index (χ0v) is 10.6. The fraction of sp³-hybridized carbons (Fsp3) is 0.231. The minimum Gasteiger partial charge on any atom is -0.461 e. The van der Waals surface area contributed by atoms with Crippen LogP contribution in [0, 0.1) is 6.92 Å². The van der Waals surface area contributed by atoms with Gasteiger partial charge in [0.25, 0.3) is 5.78 Å². The third kappa shape index (κ3) is 1.81. The van der Waals surface area contributed by atoms with Crippen LogP contribution in [0.2, 0.25) is 0 Å². The van der Waals surface area contributed by atoms with E-state index in [0.29, 0.717) is 18.1 Å². The molecule has 0 aliphatic carbocycles. The number of para-hydroxylation sites is 2. The summed E-state index contributed by atoms with van der Waals surface area (Å²) in [5.74, 6) is 0.0129. The highest BCUT2D eigenvalue weighted by molar-refractivity contribution is 5.89. The van der Waals surface area contributed by atoms with Gasteiger partial charge in [-0.1, -0.05) is 12.1 Å². The highest BCUT2D eigenvalue weighted by atomic mass is 16.5. The van der Waals surface area contributed by atoms with E-state index in [2.05, 4.69) is 15.1 Å². The van der Waals surface area contributed by atoms with Crippen molar-refractivity contribution >= 4 is 22.8 Å². The van der Waals surface area contributed by atoms with Crippen molar-refractivity contribution in [2.45, 2.75) is 13.8 Å². The zero-order chi connectivity index (χ0) is 13.4. The van der Waals surface area contributed by atoms with Gasteiger partial charge in [-0.3, -0.25) is 0 Å². The number of imidazole rings is 1.